The lowest BCUT2D eigenvalue weighted by Crippen LogP contribution is -2.33. The third kappa shape index (κ3) is 4.01. The van der Waals surface area contributed by atoms with E-state index >= 15 is 0 Å². The van der Waals surface area contributed by atoms with Crippen LogP contribution in [0.5, 0.6) is 0 Å². The van der Waals surface area contributed by atoms with Crippen LogP contribution in [0.2, 0.25) is 0 Å². The molecule has 0 saturated carbocycles. The first-order valence-corrected chi connectivity index (χ1v) is 9.45. The Labute approximate surface area is 156 Å². The minimum absolute atomic E-state index is 0.0783. The van der Waals surface area contributed by atoms with Gasteiger partial charge in [0.25, 0.3) is 0 Å². The molecule has 138 valence electrons. The van der Waals surface area contributed by atoms with Crippen molar-refractivity contribution in [2.75, 3.05) is 26.7 Å². The van der Waals surface area contributed by atoms with E-state index < -0.39 is 0 Å². The summed E-state index contributed by atoms with van der Waals surface area (Å²) in [7, 11) is 1.59. The van der Waals surface area contributed by atoms with E-state index in [-0.39, 0.29) is 43.3 Å². The van der Waals surface area contributed by atoms with Crippen LogP contribution in [0.1, 0.15) is 30.7 Å². The van der Waals surface area contributed by atoms with Crippen molar-refractivity contribution in [3.8, 4) is 0 Å². The van der Waals surface area contributed by atoms with Gasteiger partial charge in [-0.2, -0.15) is 0 Å². The van der Waals surface area contributed by atoms with Gasteiger partial charge >= 0.3 is 6.03 Å². The largest absolute Gasteiger partial charge is 0.355 e. The van der Waals surface area contributed by atoms with Crippen LogP contribution in [0.4, 0.5) is 4.79 Å². The highest BCUT2D eigenvalue weighted by Gasteiger charge is 2.32. The molecule has 1 aliphatic heterocycles. The number of amides is 4. The molecule has 2 heterocycles. The Morgan fingerprint density at radius 1 is 1.35 bits per heavy atom. The highest BCUT2D eigenvalue weighted by Crippen LogP contribution is 2.26. The molecule has 1 unspecified atom stereocenters. The first kappa shape index (κ1) is 18.3. The Balaban J connectivity index is 1.42. The number of rotatable bonds is 7. The average molecular weight is 374 g/mol. The number of imide groups is 1. The third-order valence-corrected chi connectivity index (χ3v) is 5.62. The molecule has 1 aromatic heterocycles. The minimum Gasteiger partial charge on any atom is -0.355 e. The second-order valence-electron chi connectivity index (χ2n) is 6.51. The second-order valence-corrected chi connectivity index (χ2v) is 7.57. The highest BCUT2D eigenvalue weighted by molar-refractivity contribution is 7.18. The molecule has 2 aromatic rings. The van der Waals surface area contributed by atoms with E-state index in [1.165, 1.54) is 9.80 Å². The molecule has 4 amide bonds. The first-order chi connectivity index (χ1) is 12.5. The van der Waals surface area contributed by atoms with Gasteiger partial charge in [-0.15, -0.1) is 11.3 Å². The summed E-state index contributed by atoms with van der Waals surface area (Å²) < 4.78 is 1.14. The molecule has 7 nitrogen and oxygen atoms in total. The summed E-state index contributed by atoms with van der Waals surface area (Å²) in [4.78, 5) is 42.7. The number of nitrogens with one attached hydrogen (secondary N) is 1. The molecule has 3 rings (SSSR count). The number of carbonyl (C=O) groups excluding carboxylic acids is 3. The molecule has 1 saturated heterocycles. The maximum absolute atomic E-state index is 12.0. The van der Waals surface area contributed by atoms with Crippen LogP contribution >= 0.6 is 11.3 Å². The van der Waals surface area contributed by atoms with E-state index in [1.54, 1.807) is 18.4 Å². The van der Waals surface area contributed by atoms with Crippen LogP contribution in [-0.4, -0.2) is 59.3 Å². The minimum atomic E-state index is -0.292. The Morgan fingerprint density at radius 3 is 2.81 bits per heavy atom. The fourth-order valence-electron chi connectivity index (χ4n) is 2.83. The molecular formula is C18H22N4O3S. The van der Waals surface area contributed by atoms with Crippen molar-refractivity contribution < 1.29 is 14.4 Å². The van der Waals surface area contributed by atoms with Gasteiger partial charge in [0, 0.05) is 32.5 Å². The van der Waals surface area contributed by atoms with Gasteiger partial charge in [-0.3, -0.25) is 14.5 Å². The molecule has 1 N–H and O–H groups in total. The summed E-state index contributed by atoms with van der Waals surface area (Å²) in [6, 6.07) is 7.69. The number of carbonyl (C=O) groups is 3. The standard InChI is InChI=1S/C18H22N4O3S/c1-12(17-20-13-6-3-4-7-14(13)26-17)10-19-15(23)8-5-9-22-16(24)11-21(2)18(22)25/h3-4,6-7,12H,5,8-11H2,1-2H3,(H,19,23). The molecule has 0 spiro atoms. The van der Waals surface area contributed by atoms with Crippen LogP contribution in [0.15, 0.2) is 24.3 Å². The number of benzene rings is 1. The van der Waals surface area contributed by atoms with Crippen molar-refractivity contribution in [1.82, 2.24) is 20.1 Å². The summed E-state index contributed by atoms with van der Waals surface area (Å²) in [5, 5.41) is 3.91. The number of nitrogens with zero attached hydrogens (tertiary/aromatic N) is 3. The lowest BCUT2D eigenvalue weighted by molar-refractivity contribution is -0.126. The quantitative estimate of drug-likeness (QED) is 0.753. The van der Waals surface area contributed by atoms with E-state index in [2.05, 4.69) is 10.3 Å². The van der Waals surface area contributed by atoms with Crippen molar-refractivity contribution in [3.05, 3.63) is 29.3 Å². The number of urea groups is 1. The molecular weight excluding hydrogens is 352 g/mol. The Morgan fingerprint density at radius 2 is 2.12 bits per heavy atom. The molecule has 8 heteroatoms. The Kier molecular flexibility index (Phi) is 5.51. The fourth-order valence-corrected chi connectivity index (χ4v) is 3.85. The summed E-state index contributed by atoms with van der Waals surface area (Å²) in [5.41, 5.74) is 0.982. The van der Waals surface area contributed by atoms with Gasteiger partial charge in [-0.05, 0) is 18.6 Å². The number of aromatic nitrogens is 1. The van der Waals surface area contributed by atoms with Gasteiger partial charge in [0.15, 0.2) is 0 Å². The molecule has 0 aliphatic carbocycles. The normalized spacial score (nSPS) is 15.8. The molecule has 1 atom stereocenters. The van der Waals surface area contributed by atoms with E-state index in [0.29, 0.717) is 13.0 Å². The summed E-state index contributed by atoms with van der Waals surface area (Å²) in [6.45, 7) is 2.95. The first-order valence-electron chi connectivity index (χ1n) is 8.63. The monoisotopic (exact) mass is 374 g/mol. The molecule has 0 bridgehead atoms. The molecule has 1 aromatic carbocycles. The maximum atomic E-state index is 12.0. The van der Waals surface area contributed by atoms with Crippen molar-refractivity contribution in [1.29, 1.82) is 0 Å². The zero-order valence-corrected chi connectivity index (χ0v) is 15.7. The number of thiazole rings is 1. The van der Waals surface area contributed by atoms with Crippen molar-refractivity contribution in [2.24, 2.45) is 0 Å². The van der Waals surface area contributed by atoms with Crippen molar-refractivity contribution in [2.45, 2.75) is 25.7 Å². The third-order valence-electron chi connectivity index (χ3n) is 4.35. The number of hydrogen-bond acceptors (Lipinski definition) is 5. The fraction of sp³-hybridized carbons (Fsp3) is 0.444. The van der Waals surface area contributed by atoms with E-state index in [0.717, 1.165) is 15.2 Å². The van der Waals surface area contributed by atoms with Crippen LogP contribution in [0.25, 0.3) is 10.2 Å². The second kappa shape index (κ2) is 7.82. The maximum Gasteiger partial charge on any atom is 0.326 e. The van der Waals surface area contributed by atoms with Gasteiger partial charge in [0.05, 0.1) is 15.2 Å². The van der Waals surface area contributed by atoms with Crippen molar-refractivity contribution in [3.63, 3.8) is 0 Å². The van der Waals surface area contributed by atoms with Gasteiger partial charge in [0.2, 0.25) is 11.8 Å². The molecule has 1 aliphatic rings. The predicted molar refractivity (Wildman–Crippen MR) is 100 cm³/mol. The van der Waals surface area contributed by atoms with Gasteiger partial charge < -0.3 is 10.2 Å². The number of para-hydroxylation sites is 1. The smallest absolute Gasteiger partial charge is 0.326 e. The average Bonchev–Trinajstić information content (AvgIpc) is 3.16. The van der Waals surface area contributed by atoms with Crippen molar-refractivity contribution >= 4 is 39.4 Å². The van der Waals surface area contributed by atoms with Gasteiger partial charge in [-0.25, -0.2) is 9.78 Å². The lowest BCUT2D eigenvalue weighted by Gasteiger charge is -2.14. The summed E-state index contributed by atoms with van der Waals surface area (Å²) >= 11 is 1.64. The van der Waals surface area contributed by atoms with Gasteiger partial charge in [-0.1, -0.05) is 19.1 Å². The van der Waals surface area contributed by atoms with Crippen LogP contribution < -0.4 is 5.32 Å². The van der Waals surface area contributed by atoms with E-state index in [4.69, 9.17) is 0 Å². The Bertz CT molecular complexity index is 802. The predicted octanol–water partition coefficient (Wildman–Crippen LogP) is 2.19. The lowest BCUT2D eigenvalue weighted by atomic mass is 10.2. The van der Waals surface area contributed by atoms with Crippen LogP contribution in [0.3, 0.4) is 0 Å². The topological polar surface area (TPSA) is 82.6 Å². The zero-order valence-electron chi connectivity index (χ0n) is 14.9. The number of likely N-dealkylation sites (N-methyl/N-ethyl adjacent to an activating group) is 1. The zero-order chi connectivity index (χ0) is 18.7. The van der Waals surface area contributed by atoms with Crippen LogP contribution in [0, 0.1) is 0 Å². The molecule has 0 radical (unpaired) electrons. The van der Waals surface area contributed by atoms with Crippen LogP contribution in [-0.2, 0) is 9.59 Å². The molecule has 26 heavy (non-hydrogen) atoms. The summed E-state index contributed by atoms with van der Waals surface area (Å²) in [5.74, 6) is -0.153. The van der Waals surface area contributed by atoms with E-state index in [1.807, 2.05) is 31.2 Å². The van der Waals surface area contributed by atoms with E-state index in [9.17, 15) is 14.4 Å². The summed E-state index contributed by atoms with van der Waals surface area (Å²) in [6.07, 6.45) is 0.750. The Hall–Kier alpha value is -2.48. The molecule has 1 fully saturated rings. The SMILES string of the molecule is CC(CNC(=O)CCCN1C(=O)CN(C)C1=O)c1nc2ccccc2s1. The van der Waals surface area contributed by atoms with Gasteiger partial charge in [0.1, 0.15) is 6.54 Å². The number of hydrogen-bond donors (Lipinski definition) is 1. The number of fused-ring (bicyclic) bond motifs is 1. The highest BCUT2D eigenvalue weighted by atomic mass is 32.1.